The number of halogens is 1. The van der Waals surface area contributed by atoms with Gasteiger partial charge in [0.05, 0.1) is 22.2 Å². The molecule has 210 valence electrons. The lowest BCUT2D eigenvalue weighted by Crippen LogP contribution is -2.30. The second-order valence-electron chi connectivity index (χ2n) is 12.8. The van der Waals surface area contributed by atoms with E-state index in [-0.39, 0.29) is 12.6 Å². The quantitative estimate of drug-likeness (QED) is 0.277. The molecule has 1 aliphatic heterocycles. The van der Waals surface area contributed by atoms with E-state index in [1.165, 1.54) is 19.3 Å². The molecular weight excluding hydrogens is 508 g/mol. The minimum absolute atomic E-state index is 0.126. The monoisotopic (exact) mass is 550 g/mol. The van der Waals surface area contributed by atoms with Gasteiger partial charge in [-0.25, -0.2) is 0 Å². The van der Waals surface area contributed by atoms with Crippen LogP contribution in [0.2, 0.25) is 5.02 Å². The Balaban J connectivity index is 1.84. The van der Waals surface area contributed by atoms with E-state index in [9.17, 15) is 4.79 Å². The van der Waals surface area contributed by atoms with Crippen molar-refractivity contribution >= 4 is 28.5 Å². The van der Waals surface area contributed by atoms with E-state index in [4.69, 9.17) is 26.1 Å². The van der Waals surface area contributed by atoms with E-state index < -0.39 is 17.1 Å². The van der Waals surface area contributed by atoms with Gasteiger partial charge in [-0.1, -0.05) is 36.2 Å². The molecule has 2 aromatic carbocycles. The number of nitrogens with zero attached hydrogens (tertiary/aromatic N) is 2. The lowest BCUT2D eigenvalue weighted by Gasteiger charge is -2.31. The summed E-state index contributed by atoms with van der Waals surface area (Å²) in [5.74, 6) is -0.250. The Bertz CT molecular complexity index is 1300. The van der Waals surface area contributed by atoms with Gasteiger partial charge in [0.1, 0.15) is 12.7 Å². The van der Waals surface area contributed by atoms with E-state index >= 15 is 0 Å². The van der Waals surface area contributed by atoms with Crippen LogP contribution in [0.5, 0.6) is 0 Å². The van der Waals surface area contributed by atoms with Crippen LogP contribution in [-0.2, 0) is 20.8 Å². The van der Waals surface area contributed by atoms with E-state index in [0.29, 0.717) is 5.02 Å². The van der Waals surface area contributed by atoms with Gasteiger partial charge in [-0.15, -0.1) is 0 Å². The fourth-order valence-electron chi connectivity index (χ4n) is 5.21. The van der Waals surface area contributed by atoms with Gasteiger partial charge < -0.3 is 9.47 Å². The number of aryl methyl sites for hydroxylation is 1. The molecule has 0 N–H and O–H groups in total. The van der Waals surface area contributed by atoms with Gasteiger partial charge in [-0.05, 0) is 121 Å². The minimum atomic E-state index is -0.599. The highest BCUT2D eigenvalue weighted by atomic mass is 35.5. The van der Waals surface area contributed by atoms with Crippen molar-refractivity contribution in [3.8, 4) is 11.1 Å². The maximum Gasteiger partial charge on any atom is 0.311 e. The van der Waals surface area contributed by atoms with Crippen molar-refractivity contribution < 1.29 is 14.3 Å². The highest BCUT2D eigenvalue weighted by Crippen LogP contribution is 2.40. The number of piperidine rings is 1. The van der Waals surface area contributed by atoms with E-state index in [0.717, 1.165) is 58.5 Å². The predicted molar refractivity (Wildman–Crippen MR) is 160 cm³/mol. The highest BCUT2D eigenvalue weighted by Gasteiger charge is 2.30. The number of hydrogen-bond acceptors (Lipinski definition) is 5. The first-order valence-corrected chi connectivity index (χ1v) is 14.5. The molecule has 6 heteroatoms. The molecule has 0 unspecified atom stereocenters. The summed E-state index contributed by atoms with van der Waals surface area (Å²) >= 11 is 6.28. The number of pyridine rings is 1. The van der Waals surface area contributed by atoms with Crippen LogP contribution in [0.4, 0.5) is 0 Å². The van der Waals surface area contributed by atoms with Crippen molar-refractivity contribution in [2.45, 2.75) is 86.0 Å². The van der Waals surface area contributed by atoms with Gasteiger partial charge >= 0.3 is 5.97 Å². The summed E-state index contributed by atoms with van der Waals surface area (Å²) < 4.78 is 12.4. The van der Waals surface area contributed by atoms with Crippen molar-refractivity contribution in [2.24, 2.45) is 5.41 Å². The van der Waals surface area contributed by atoms with Gasteiger partial charge in [0.25, 0.3) is 0 Å². The van der Waals surface area contributed by atoms with Crippen LogP contribution in [0, 0.1) is 12.3 Å². The zero-order valence-corrected chi connectivity index (χ0v) is 25.3. The zero-order valence-electron chi connectivity index (χ0n) is 24.6. The molecule has 1 fully saturated rings. The van der Waals surface area contributed by atoms with Crippen molar-refractivity contribution in [3.05, 3.63) is 64.3 Å². The lowest BCUT2D eigenvalue weighted by molar-refractivity contribution is -0.162. The zero-order chi connectivity index (χ0) is 28.4. The minimum Gasteiger partial charge on any atom is -0.462 e. The Morgan fingerprint density at radius 3 is 2.28 bits per heavy atom. The molecule has 0 amide bonds. The first-order chi connectivity index (χ1) is 18.3. The molecular formula is C33H43ClN2O3. The van der Waals surface area contributed by atoms with E-state index in [1.54, 1.807) is 0 Å². The summed E-state index contributed by atoms with van der Waals surface area (Å²) in [5.41, 5.74) is 5.12. The molecule has 0 spiro atoms. The first kappa shape index (κ1) is 29.5. The van der Waals surface area contributed by atoms with Gasteiger partial charge in [-0.2, -0.15) is 0 Å². The van der Waals surface area contributed by atoms with Crippen molar-refractivity contribution in [1.29, 1.82) is 0 Å². The summed E-state index contributed by atoms with van der Waals surface area (Å²) in [6.45, 7) is 17.0. The fraction of sp³-hybridized carbons (Fsp3) is 0.515. The van der Waals surface area contributed by atoms with Gasteiger partial charge in [0.2, 0.25) is 0 Å². The molecule has 1 aromatic heterocycles. The maximum atomic E-state index is 12.8. The number of benzene rings is 2. The standard InChI is InChI=1S/C33H43ClN2O3/c1-22-19-27-26(16-15-25(35-27)20-36-17-9-8-10-18-36)30(23-11-13-24(34)14-12-23)29(22)28(39-33(5,6)7)21-38-31(37)32(2,3)4/h11-16,19,28H,8-10,17-18,20-21H2,1-7H3/t28-/m1/s1. The summed E-state index contributed by atoms with van der Waals surface area (Å²) in [4.78, 5) is 20.4. The summed E-state index contributed by atoms with van der Waals surface area (Å²) in [6, 6.07) is 14.4. The number of ether oxygens (including phenoxy) is 2. The van der Waals surface area contributed by atoms with Crippen molar-refractivity contribution in [2.75, 3.05) is 19.7 Å². The predicted octanol–water partition coefficient (Wildman–Crippen LogP) is 8.30. The smallest absolute Gasteiger partial charge is 0.311 e. The number of esters is 1. The van der Waals surface area contributed by atoms with E-state index in [1.807, 2.05) is 65.8 Å². The fourth-order valence-corrected chi connectivity index (χ4v) is 5.34. The van der Waals surface area contributed by atoms with Gasteiger partial charge in [-0.3, -0.25) is 14.7 Å². The van der Waals surface area contributed by atoms with Crippen molar-refractivity contribution in [1.82, 2.24) is 9.88 Å². The highest BCUT2D eigenvalue weighted by molar-refractivity contribution is 6.30. The van der Waals surface area contributed by atoms with Gasteiger partial charge in [0, 0.05) is 17.0 Å². The normalized spacial score (nSPS) is 15.9. The van der Waals surface area contributed by atoms with Crippen LogP contribution in [-0.4, -0.2) is 41.2 Å². The summed E-state index contributed by atoms with van der Waals surface area (Å²) in [5, 5.41) is 1.73. The number of fused-ring (bicyclic) bond motifs is 1. The van der Waals surface area contributed by atoms with E-state index in [2.05, 4.69) is 30.0 Å². The average molecular weight is 551 g/mol. The molecule has 3 aromatic rings. The van der Waals surface area contributed by atoms with Crippen LogP contribution in [0.3, 0.4) is 0 Å². The second kappa shape index (κ2) is 12.0. The third-order valence-corrected chi connectivity index (χ3v) is 7.31. The number of carbonyl (C=O) groups excluding carboxylic acids is 1. The lowest BCUT2D eigenvalue weighted by atomic mass is 9.88. The average Bonchev–Trinajstić information content (AvgIpc) is 2.85. The topological polar surface area (TPSA) is 51.7 Å². The Kier molecular flexibility index (Phi) is 9.05. The molecule has 1 atom stereocenters. The molecule has 0 saturated carbocycles. The number of carbonyl (C=O) groups is 1. The molecule has 2 heterocycles. The Hall–Kier alpha value is -2.47. The Morgan fingerprint density at radius 1 is 1.00 bits per heavy atom. The summed E-state index contributed by atoms with van der Waals surface area (Å²) in [7, 11) is 0. The second-order valence-corrected chi connectivity index (χ2v) is 13.2. The number of likely N-dealkylation sites (tertiary alicyclic amines) is 1. The molecule has 5 nitrogen and oxygen atoms in total. The molecule has 1 saturated heterocycles. The Morgan fingerprint density at radius 2 is 1.67 bits per heavy atom. The molecule has 1 aliphatic rings. The number of hydrogen-bond donors (Lipinski definition) is 0. The van der Waals surface area contributed by atoms with Crippen LogP contribution in [0.25, 0.3) is 22.0 Å². The molecule has 4 rings (SSSR count). The summed E-state index contributed by atoms with van der Waals surface area (Å²) in [6.07, 6.45) is 3.37. The van der Waals surface area contributed by atoms with Crippen LogP contribution in [0.1, 0.15) is 83.7 Å². The first-order valence-electron chi connectivity index (χ1n) is 14.1. The molecule has 0 bridgehead atoms. The molecule has 0 radical (unpaired) electrons. The van der Waals surface area contributed by atoms with Crippen LogP contribution in [0.15, 0.2) is 42.5 Å². The van der Waals surface area contributed by atoms with Crippen LogP contribution >= 0.6 is 11.6 Å². The maximum absolute atomic E-state index is 12.8. The number of rotatable bonds is 7. The van der Waals surface area contributed by atoms with Crippen molar-refractivity contribution in [3.63, 3.8) is 0 Å². The SMILES string of the molecule is Cc1cc2nc(CN3CCCCC3)ccc2c(-c2ccc(Cl)cc2)c1[C@@H](COC(=O)C(C)(C)C)OC(C)(C)C. The van der Waals surface area contributed by atoms with Crippen LogP contribution < -0.4 is 0 Å². The van der Waals surface area contributed by atoms with Gasteiger partial charge in [0.15, 0.2) is 0 Å². The number of aromatic nitrogens is 1. The molecule has 0 aliphatic carbocycles. The Labute approximate surface area is 238 Å². The largest absolute Gasteiger partial charge is 0.462 e. The third kappa shape index (κ3) is 7.59. The third-order valence-electron chi connectivity index (χ3n) is 7.06. The molecule has 39 heavy (non-hydrogen) atoms.